The van der Waals surface area contributed by atoms with Crippen molar-refractivity contribution in [2.45, 2.75) is 6.54 Å². The van der Waals surface area contributed by atoms with Gasteiger partial charge in [-0.25, -0.2) is 4.98 Å². The van der Waals surface area contributed by atoms with Gasteiger partial charge in [-0.3, -0.25) is 0 Å². The topological polar surface area (TPSA) is 42.2 Å². The Morgan fingerprint density at radius 2 is 2.46 bits per heavy atom. The minimum atomic E-state index is 0.660. The molecular weight excluding hydrogens is 202 g/mol. The molecule has 0 saturated heterocycles. The summed E-state index contributed by atoms with van der Waals surface area (Å²) in [6, 6.07) is 0. The van der Waals surface area contributed by atoms with E-state index in [0.717, 1.165) is 13.1 Å². The first-order chi connectivity index (χ1) is 6.22. The van der Waals surface area contributed by atoms with Crippen molar-refractivity contribution in [2.24, 2.45) is 0 Å². The summed E-state index contributed by atoms with van der Waals surface area (Å²) in [7, 11) is 2.12. The molecule has 0 amide bonds. The molecule has 0 atom stereocenters. The number of aromatic nitrogens is 1. The van der Waals surface area contributed by atoms with Crippen molar-refractivity contribution < 1.29 is 0 Å². The van der Waals surface area contributed by atoms with Gasteiger partial charge in [0.05, 0.1) is 0 Å². The molecule has 2 N–H and O–H groups in total. The van der Waals surface area contributed by atoms with Crippen LogP contribution in [0.2, 0.25) is 0 Å². The monoisotopic (exact) mass is 217 g/mol. The van der Waals surface area contributed by atoms with E-state index >= 15 is 0 Å². The number of hydrogen-bond acceptors (Lipinski definition) is 5. The molecular formula is C8H15N3S2. The van der Waals surface area contributed by atoms with Gasteiger partial charge in [0.2, 0.25) is 0 Å². The predicted octanol–water partition coefficient (Wildman–Crippen LogP) is 1.52. The van der Waals surface area contributed by atoms with Crippen LogP contribution in [0.5, 0.6) is 0 Å². The number of nitrogens with two attached hydrogens (primary N) is 1. The summed E-state index contributed by atoms with van der Waals surface area (Å²) in [6.45, 7) is 2.06. The molecule has 13 heavy (non-hydrogen) atoms. The van der Waals surface area contributed by atoms with Crippen LogP contribution >= 0.6 is 23.1 Å². The first-order valence-corrected chi connectivity index (χ1v) is 6.31. The summed E-state index contributed by atoms with van der Waals surface area (Å²) in [5.74, 6) is 1.17. The molecule has 1 rings (SSSR count). The maximum absolute atomic E-state index is 5.54. The first kappa shape index (κ1) is 10.8. The molecule has 0 aromatic carbocycles. The fourth-order valence-corrected chi connectivity index (χ4v) is 2.25. The van der Waals surface area contributed by atoms with Gasteiger partial charge in [-0.1, -0.05) is 0 Å². The molecule has 0 unspecified atom stereocenters. The lowest BCUT2D eigenvalue weighted by molar-refractivity contribution is 0.352. The minimum absolute atomic E-state index is 0.660. The smallest absolute Gasteiger partial charge is 0.180 e. The van der Waals surface area contributed by atoms with Crippen molar-refractivity contribution in [3.8, 4) is 0 Å². The highest BCUT2D eigenvalue weighted by atomic mass is 32.2. The van der Waals surface area contributed by atoms with E-state index in [1.54, 1.807) is 11.3 Å². The van der Waals surface area contributed by atoms with Gasteiger partial charge in [-0.05, 0) is 13.3 Å². The average molecular weight is 217 g/mol. The maximum atomic E-state index is 5.54. The van der Waals surface area contributed by atoms with Crippen LogP contribution in [0.15, 0.2) is 6.20 Å². The Morgan fingerprint density at radius 1 is 1.69 bits per heavy atom. The lowest BCUT2D eigenvalue weighted by Crippen LogP contribution is -2.19. The quantitative estimate of drug-likeness (QED) is 0.812. The minimum Gasteiger partial charge on any atom is -0.375 e. The van der Waals surface area contributed by atoms with Crippen molar-refractivity contribution in [1.82, 2.24) is 9.88 Å². The number of anilines is 1. The zero-order chi connectivity index (χ0) is 9.68. The SMILES string of the molecule is CSCCN(C)Cc1cnc(N)s1. The number of thioether (sulfide) groups is 1. The molecule has 0 radical (unpaired) electrons. The molecule has 0 spiro atoms. The van der Waals surface area contributed by atoms with Crippen LogP contribution in [0, 0.1) is 0 Å². The summed E-state index contributed by atoms with van der Waals surface area (Å²) in [6.07, 6.45) is 3.98. The predicted molar refractivity (Wildman–Crippen MR) is 61.2 cm³/mol. The van der Waals surface area contributed by atoms with Gasteiger partial charge in [-0.15, -0.1) is 11.3 Å². The molecule has 0 aliphatic carbocycles. The number of rotatable bonds is 5. The standard InChI is InChI=1S/C8H15N3S2/c1-11(3-4-12-2)6-7-5-10-8(9)13-7/h5H,3-4,6H2,1-2H3,(H2,9,10). The second kappa shape index (κ2) is 5.47. The second-order valence-electron chi connectivity index (χ2n) is 2.90. The van der Waals surface area contributed by atoms with Gasteiger partial charge in [0, 0.05) is 29.9 Å². The fourth-order valence-electron chi connectivity index (χ4n) is 0.988. The Kier molecular flexibility index (Phi) is 4.55. The molecule has 1 aromatic heterocycles. The molecule has 1 aromatic rings. The van der Waals surface area contributed by atoms with Crippen LogP contribution in [0.1, 0.15) is 4.88 Å². The van der Waals surface area contributed by atoms with E-state index in [2.05, 4.69) is 23.2 Å². The summed E-state index contributed by atoms with van der Waals surface area (Å²) in [5.41, 5.74) is 5.54. The van der Waals surface area contributed by atoms with Gasteiger partial charge in [0.25, 0.3) is 0 Å². The van der Waals surface area contributed by atoms with Crippen molar-refractivity contribution >= 4 is 28.2 Å². The summed E-state index contributed by atoms with van der Waals surface area (Å²) < 4.78 is 0. The van der Waals surface area contributed by atoms with Crippen molar-refractivity contribution in [3.63, 3.8) is 0 Å². The molecule has 1 heterocycles. The van der Waals surface area contributed by atoms with Gasteiger partial charge >= 0.3 is 0 Å². The Balaban J connectivity index is 2.31. The second-order valence-corrected chi connectivity index (χ2v) is 5.03. The molecule has 0 bridgehead atoms. The lowest BCUT2D eigenvalue weighted by Gasteiger charge is -2.13. The summed E-state index contributed by atoms with van der Waals surface area (Å²) in [4.78, 5) is 7.53. The highest BCUT2D eigenvalue weighted by molar-refractivity contribution is 7.98. The largest absolute Gasteiger partial charge is 0.375 e. The zero-order valence-electron chi connectivity index (χ0n) is 7.99. The van der Waals surface area contributed by atoms with Gasteiger partial charge in [0.1, 0.15) is 0 Å². The highest BCUT2D eigenvalue weighted by Gasteiger charge is 2.02. The van der Waals surface area contributed by atoms with Gasteiger partial charge < -0.3 is 10.6 Å². The van der Waals surface area contributed by atoms with Crippen LogP contribution in [0.3, 0.4) is 0 Å². The van der Waals surface area contributed by atoms with Crippen molar-refractivity contribution in [3.05, 3.63) is 11.1 Å². The molecule has 3 nitrogen and oxygen atoms in total. The Labute approximate surface area is 87.3 Å². The molecule has 0 saturated carbocycles. The van der Waals surface area contributed by atoms with Gasteiger partial charge in [0.15, 0.2) is 5.13 Å². The maximum Gasteiger partial charge on any atom is 0.180 e. The Bertz CT molecular complexity index is 249. The highest BCUT2D eigenvalue weighted by Crippen LogP contribution is 2.15. The average Bonchev–Trinajstić information content (AvgIpc) is 2.48. The summed E-state index contributed by atoms with van der Waals surface area (Å²) >= 11 is 3.43. The number of nitrogen functional groups attached to an aromatic ring is 1. The number of hydrogen-bond donors (Lipinski definition) is 1. The normalized spacial score (nSPS) is 11.0. The first-order valence-electron chi connectivity index (χ1n) is 4.10. The molecule has 5 heteroatoms. The molecule has 0 aliphatic rings. The summed E-state index contributed by atoms with van der Waals surface area (Å²) in [5, 5.41) is 0.660. The van der Waals surface area contributed by atoms with Crippen molar-refractivity contribution in [1.29, 1.82) is 0 Å². The molecule has 0 fully saturated rings. The third-order valence-electron chi connectivity index (χ3n) is 1.67. The number of nitrogens with zero attached hydrogens (tertiary/aromatic N) is 2. The van der Waals surface area contributed by atoms with Crippen LogP contribution in [0.4, 0.5) is 5.13 Å². The third-order valence-corrected chi connectivity index (χ3v) is 3.08. The van der Waals surface area contributed by atoms with Crippen LogP contribution in [-0.2, 0) is 6.54 Å². The van der Waals surface area contributed by atoms with E-state index in [1.165, 1.54) is 10.6 Å². The van der Waals surface area contributed by atoms with Crippen LogP contribution < -0.4 is 5.73 Å². The Hall–Kier alpha value is -0.260. The van der Waals surface area contributed by atoms with Gasteiger partial charge in [-0.2, -0.15) is 11.8 Å². The zero-order valence-corrected chi connectivity index (χ0v) is 9.62. The van der Waals surface area contributed by atoms with Crippen LogP contribution in [0.25, 0.3) is 0 Å². The molecule has 0 aliphatic heterocycles. The van der Waals surface area contributed by atoms with E-state index in [1.807, 2.05) is 18.0 Å². The van der Waals surface area contributed by atoms with E-state index in [9.17, 15) is 0 Å². The lowest BCUT2D eigenvalue weighted by atomic mass is 10.5. The van der Waals surface area contributed by atoms with E-state index in [4.69, 9.17) is 5.73 Å². The van der Waals surface area contributed by atoms with E-state index < -0.39 is 0 Å². The molecule has 74 valence electrons. The number of thiazole rings is 1. The van der Waals surface area contributed by atoms with Crippen LogP contribution in [-0.4, -0.2) is 35.5 Å². The Morgan fingerprint density at radius 3 is 3.00 bits per heavy atom. The fraction of sp³-hybridized carbons (Fsp3) is 0.625. The third kappa shape index (κ3) is 3.97. The van der Waals surface area contributed by atoms with E-state index in [-0.39, 0.29) is 0 Å². The van der Waals surface area contributed by atoms with Crippen molar-refractivity contribution in [2.75, 3.05) is 31.3 Å². The van der Waals surface area contributed by atoms with E-state index in [0.29, 0.717) is 5.13 Å².